The lowest BCUT2D eigenvalue weighted by atomic mass is 9.53. The van der Waals surface area contributed by atoms with Crippen LogP contribution in [0, 0.1) is 17.3 Å². The van der Waals surface area contributed by atoms with Gasteiger partial charge in [-0.05, 0) is 34.1 Å². The lowest BCUT2D eigenvalue weighted by Crippen LogP contribution is -2.65. The average molecular weight is 376 g/mol. The highest BCUT2D eigenvalue weighted by Crippen LogP contribution is 2.56. The molecule has 7 nitrogen and oxygen atoms in total. The van der Waals surface area contributed by atoms with Crippen molar-refractivity contribution in [1.82, 2.24) is 0 Å². The van der Waals surface area contributed by atoms with Gasteiger partial charge in [0, 0.05) is 11.5 Å². The number of Topliss-reactive ketones (excluding diaryl/α,β-unsaturated/α-hetero) is 1. The fourth-order valence-electron chi connectivity index (χ4n) is 4.96. The first-order valence-corrected chi connectivity index (χ1v) is 9.16. The van der Waals surface area contributed by atoms with E-state index in [0.717, 1.165) is 0 Å². The zero-order chi connectivity index (χ0) is 19.9. The molecule has 0 aromatic heterocycles. The second kappa shape index (κ2) is 5.29. The Morgan fingerprint density at radius 1 is 1.33 bits per heavy atom. The molecular formula is C20H24O7. The van der Waals surface area contributed by atoms with Crippen LogP contribution in [-0.4, -0.2) is 52.3 Å². The Morgan fingerprint density at radius 3 is 2.56 bits per heavy atom. The maximum Gasteiger partial charge on any atom is 0.341 e. The Balaban J connectivity index is 1.76. The maximum absolute atomic E-state index is 13.4. The summed E-state index contributed by atoms with van der Waals surface area (Å²) in [6.45, 7) is 10.4. The number of allylic oxidation sites excluding steroid dienone is 1. The van der Waals surface area contributed by atoms with Crippen LogP contribution in [-0.2, 0) is 28.6 Å². The number of fused-ring (bicyclic) bond motifs is 3. The van der Waals surface area contributed by atoms with Crippen molar-refractivity contribution in [2.75, 3.05) is 0 Å². The molecule has 2 heterocycles. The molecule has 146 valence electrons. The Hall–Kier alpha value is -1.99. The van der Waals surface area contributed by atoms with Gasteiger partial charge in [0.1, 0.15) is 6.10 Å². The summed E-state index contributed by atoms with van der Waals surface area (Å²) in [7, 11) is 0. The van der Waals surface area contributed by atoms with Crippen molar-refractivity contribution in [3.63, 3.8) is 0 Å². The van der Waals surface area contributed by atoms with E-state index in [9.17, 15) is 19.5 Å². The molecule has 0 amide bonds. The molecule has 0 bridgehead atoms. The molecule has 0 unspecified atom stereocenters. The minimum atomic E-state index is -1.25. The van der Waals surface area contributed by atoms with E-state index in [1.165, 1.54) is 0 Å². The van der Waals surface area contributed by atoms with Crippen LogP contribution in [0.1, 0.15) is 34.1 Å². The van der Waals surface area contributed by atoms with Gasteiger partial charge in [-0.3, -0.25) is 4.79 Å². The van der Waals surface area contributed by atoms with Gasteiger partial charge in [-0.1, -0.05) is 18.7 Å². The van der Waals surface area contributed by atoms with E-state index in [-0.39, 0.29) is 17.5 Å². The monoisotopic (exact) mass is 376 g/mol. The molecule has 1 N–H and O–H groups in total. The van der Waals surface area contributed by atoms with Gasteiger partial charge in [0.15, 0.2) is 17.5 Å². The van der Waals surface area contributed by atoms with Crippen LogP contribution in [0.2, 0.25) is 0 Å². The van der Waals surface area contributed by atoms with Crippen molar-refractivity contribution in [1.29, 1.82) is 0 Å². The number of hydrogen-bond acceptors (Lipinski definition) is 7. The van der Waals surface area contributed by atoms with E-state index >= 15 is 0 Å². The molecule has 1 saturated carbocycles. The third-order valence-corrected chi connectivity index (χ3v) is 6.80. The lowest BCUT2D eigenvalue weighted by molar-refractivity contribution is -0.192. The highest BCUT2D eigenvalue weighted by atomic mass is 16.7. The number of ether oxygens (including phenoxy) is 3. The van der Waals surface area contributed by atoms with Crippen LogP contribution < -0.4 is 0 Å². The normalized spacial score (nSPS) is 50.7. The standard InChI is InChI=1S/C20H24O7/c1-9-11-12(25-16(9)22)14-18(3,7-6-8-19(14,4)24)15(21)13(11)26-17(23)20(5)10(2)27-20/h6-7,10-14,24H,1,8H2,2-5H3/t10-,11+,12-,13-,14+,18+,19-,20-/m1/s1. The molecule has 0 aromatic carbocycles. The van der Waals surface area contributed by atoms with Crippen molar-refractivity contribution in [2.45, 2.75) is 63.6 Å². The van der Waals surface area contributed by atoms with E-state index in [0.29, 0.717) is 6.42 Å². The lowest BCUT2D eigenvalue weighted by Gasteiger charge is -2.53. The first kappa shape index (κ1) is 18.4. The fourth-order valence-corrected chi connectivity index (χ4v) is 4.96. The third kappa shape index (κ3) is 2.31. The fraction of sp³-hybridized carbons (Fsp3) is 0.650. The van der Waals surface area contributed by atoms with Crippen LogP contribution >= 0.6 is 0 Å². The largest absolute Gasteiger partial charge is 0.458 e. The third-order valence-electron chi connectivity index (χ3n) is 6.80. The highest BCUT2D eigenvalue weighted by molar-refractivity contribution is 6.00. The molecule has 0 spiro atoms. The quantitative estimate of drug-likeness (QED) is 0.333. The summed E-state index contributed by atoms with van der Waals surface area (Å²) in [6, 6.07) is 0. The number of ketones is 1. The van der Waals surface area contributed by atoms with Crippen LogP contribution in [0.4, 0.5) is 0 Å². The minimum Gasteiger partial charge on any atom is -0.458 e. The van der Waals surface area contributed by atoms with Crippen LogP contribution in [0.3, 0.4) is 0 Å². The van der Waals surface area contributed by atoms with E-state index in [1.54, 1.807) is 39.8 Å². The summed E-state index contributed by atoms with van der Waals surface area (Å²) in [5.74, 6) is -3.11. The van der Waals surface area contributed by atoms with Gasteiger partial charge in [-0.2, -0.15) is 0 Å². The molecule has 8 atom stereocenters. The van der Waals surface area contributed by atoms with Crippen LogP contribution in [0.5, 0.6) is 0 Å². The minimum absolute atomic E-state index is 0.0912. The predicted molar refractivity (Wildman–Crippen MR) is 92.3 cm³/mol. The molecule has 2 aliphatic carbocycles. The van der Waals surface area contributed by atoms with Crippen LogP contribution in [0.25, 0.3) is 0 Å². The second-order valence-corrected chi connectivity index (χ2v) is 8.70. The van der Waals surface area contributed by atoms with E-state index in [4.69, 9.17) is 14.2 Å². The second-order valence-electron chi connectivity index (χ2n) is 8.70. The maximum atomic E-state index is 13.4. The highest BCUT2D eigenvalue weighted by Gasteiger charge is 2.68. The van der Waals surface area contributed by atoms with E-state index in [1.807, 2.05) is 0 Å². The summed E-state index contributed by atoms with van der Waals surface area (Å²) in [6.07, 6.45) is 1.49. The number of carbonyl (C=O) groups excluding carboxylic acids is 3. The molecule has 4 aliphatic rings. The number of aliphatic hydroxyl groups is 1. The Bertz CT molecular complexity index is 796. The molecule has 2 saturated heterocycles. The Kier molecular flexibility index (Phi) is 3.60. The summed E-state index contributed by atoms with van der Waals surface area (Å²) < 4.78 is 16.4. The van der Waals surface area contributed by atoms with Gasteiger partial charge >= 0.3 is 11.9 Å². The van der Waals surface area contributed by atoms with Crippen molar-refractivity contribution in [2.24, 2.45) is 17.3 Å². The zero-order valence-electron chi connectivity index (χ0n) is 15.9. The number of hydrogen-bond donors (Lipinski definition) is 1. The van der Waals surface area contributed by atoms with Crippen molar-refractivity contribution < 1.29 is 33.7 Å². The number of esters is 2. The summed E-state index contributed by atoms with van der Waals surface area (Å²) >= 11 is 0. The predicted octanol–water partition coefficient (Wildman–Crippen LogP) is 1.09. The van der Waals surface area contributed by atoms with Gasteiger partial charge in [0.25, 0.3) is 0 Å². The number of carbonyl (C=O) groups is 3. The Morgan fingerprint density at radius 2 is 1.96 bits per heavy atom. The van der Waals surface area contributed by atoms with Crippen molar-refractivity contribution in [3.8, 4) is 0 Å². The van der Waals surface area contributed by atoms with Gasteiger partial charge in [-0.25, -0.2) is 9.59 Å². The van der Waals surface area contributed by atoms with Gasteiger partial charge in [0.2, 0.25) is 0 Å². The van der Waals surface area contributed by atoms with Crippen LogP contribution in [0.15, 0.2) is 24.3 Å². The first-order chi connectivity index (χ1) is 12.4. The summed E-state index contributed by atoms with van der Waals surface area (Å²) in [5.41, 5.74) is -3.38. The molecule has 3 fully saturated rings. The van der Waals surface area contributed by atoms with Crippen molar-refractivity contribution >= 4 is 17.7 Å². The zero-order valence-corrected chi connectivity index (χ0v) is 15.9. The Labute approximate surface area is 157 Å². The molecule has 27 heavy (non-hydrogen) atoms. The average Bonchev–Trinajstić information content (AvgIpc) is 3.08. The first-order valence-electron chi connectivity index (χ1n) is 9.16. The molecular weight excluding hydrogens is 352 g/mol. The number of epoxide rings is 1. The SMILES string of the molecule is C=C1C(=O)O[C@@H]2[C@H]1[C@@H](OC(=O)[C@]1(C)O[C@@H]1C)C(=O)[C@@]1(C)C=CC[C@@](C)(O)[C@@H]21. The molecule has 2 aliphatic heterocycles. The molecule has 0 radical (unpaired) electrons. The van der Waals surface area contributed by atoms with E-state index in [2.05, 4.69) is 6.58 Å². The van der Waals surface area contributed by atoms with Gasteiger partial charge in [-0.15, -0.1) is 0 Å². The van der Waals surface area contributed by atoms with Gasteiger partial charge in [0.05, 0.1) is 23.0 Å². The van der Waals surface area contributed by atoms with Gasteiger partial charge < -0.3 is 19.3 Å². The van der Waals surface area contributed by atoms with E-state index < -0.39 is 52.6 Å². The number of rotatable bonds is 2. The molecule has 4 rings (SSSR count). The summed E-state index contributed by atoms with van der Waals surface area (Å²) in [5, 5.41) is 11.0. The molecule has 7 heteroatoms. The molecule has 0 aromatic rings. The topological polar surface area (TPSA) is 102 Å². The summed E-state index contributed by atoms with van der Waals surface area (Å²) in [4.78, 5) is 38.3. The van der Waals surface area contributed by atoms with Crippen molar-refractivity contribution in [3.05, 3.63) is 24.3 Å². The smallest absolute Gasteiger partial charge is 0.341 e.